The quantitative estimate of drug-likeness (QED) is 0.858. The Morgan fingerprint density at radius 2 is 2.35 bits per heavy atom. The zero-order chi connectivity index (χ0) is 14.3. The van der Waals surface area contributed by atoms with Gasteiger partial charge in [-0.25, -0.2) is 4.98 Å². The van der Waals surface area contributed by atoms with E-state index in [9.17, 15) is 4.79 Å². The van der Waals surface area contributed by atoms with Crippen molar-refractivity contribution in [3.05, 3.63) is 23.2 Å². The van der Waals surface area contributed by atoms with Crippen LogP contribution in [0.3, 0.4) is 0 Å². The first-order chi connectivity index (χ1) is 9.54. The lowest BCUT2D eigenvalue weighted by molar-refractivity contribution is -0.133. The number of benzene rings is 1. The third-order valence-corrected chi connectivity index (χ3v) is 4.89. The molecule has 1 aromatic carbocycles. The summed E-state index contributed by atoms with van der Waals surface area (Å²) in [6, 6.07) is 5.64. The van der Waals surface area contributed by atoms with Crippen molar-refractivity contribution in [1.82, 2.24) is 9.55 Å². The number of aliphatic carboxylic acids is 1. The maximum atomic E-state index is 10.8. The van der Waals surface area contributed by atoms with Crippen LogP contribution in [0.25, 0.3) is 11.0 Å². The summed E-state index contributed by atoms with van der Waals surface area (Å²) in [7, 11) is 0. The molecule has 1 heterocycles. The van der Waals surface area contributed by atoms with Crippen molar-refractivity contribution >= 4 is 40.4 Å². The Kier molecular flexibility index (Phi) is 3.65. The molecule has 1 aromatic heterocycles. The Morgan fingerprint density at radius 1 is 1.60 bits per heavy atom. The minimum absolute atomic E-state index is 0.0251. The van der Waals surface area contributed by atoms with Gasteiger partial charge in [0.15, 0.2) is 5.16 Å². The molecule has 20 heavy (non-hydrogen) atoms. The Bertz CT molecular complexity index is 670. The van der Waals surface area contributed by atoms with Gasteiger partial charge in [0.2, 0.25) is 0 Å². The molecule has 1 aliphatic rings. The second-order valence-corrected chi connectivity index (χ2v) is 6.67. The Labute approximate surface area is 126 Å². The maximum Gasteiger partial charge on any atom is 0.313 e. The first-order valence-corrected chi connectivity index (χ1v) is 7.91. The van der Waals surface area contributed by atoms with Gasteiger partial charge in [-0.1, -0.05) is 30.3 Å². The number of carbonyl (C=O) groups is 1. The maximum absolute atomic E-state index is 10.8. The highest BCUT2D eigenvalue weighted by Gasteiger charge is 2.33. The Morgan fingerprint density at radius 3 is 3.00 bits per heavy atom. The van der Waals surface area contributed by atoms with Gasteiger partial charge in [0.25, 0.3) is 0 Å². The third-order valence-electron chi connectivity index (χ3n) is 3.69. The average Bonchev–Trinajstić information content (AvgIpc) is 2.96. The van der Waals surface area contributed by atoms with E-state index in [1.165, 1.54) is 18.2 Å². The SMILES string of the molecule is CC1CC1Cn1c(SCC(=O)O)nc2cc(Cl)ccc21. The molecule has 6 heteroatoms. The van der Waals surface area contributed by atoms with Gasteiger partial charge in [-0.05, 0) is 36.5 Å². The number of carboxylic acid groups (broad SMARTS) is 1. The molecule has 0 amide bonds. The van der Waals surface area contributed by atoms with E-state index < -0.39 is 5.97 Å². The van der Waals surface area contributed by atoms with E-state index in [1.54, 1.807) is 0 Å². The summed E-state index contributed by atoms with van der Waals surface area (Å²) in [6.45, 7) is 3.14. The van der Waals surface area contributed by atoms with Gasteiger partial charge in [0, 0.05) is 11.6 Å². The largest absolute Gasteiger partial charge is 0.481 e. The van der Waals surface area contributed by atoms with Crippen LogP contribution in [0.4, 0.5) is 0 Å². The summed E-state index contributed by atoms with van der Waals surface area (Å²) in [5.41, 5.74) is 1.86. The van der Waals surface area contributed by atoms with Crippen molar-refractivity contribution in [2.24, 2.45) is 11.8 Å². The van der Waals surface area contributed by atoms with Gasteiger partial charge in [-0.3, -0.25) is 4.79 Å². The molecule has 0 aliphatic heterocycles. The van der Waals surface area contributed by atoms with Crippen LogP contribution in [0.1, 0.15) is 13.3 Å². The van der Waals surface area contributed by atoms with Crippen LogP contribution in [0.2, 0.25) is 5.02 Å². The van der Waals surface area contributed by atoms with Crippen molar-refractivity contribution in [2.45, 2.75) is 25.0 Å². The highest BCUT2D eigenvalue weighted by Crippen LogP contribution is 2.40. The van der Waals surface area contributed by atoms with Crippen LogP contribution in [0.5, 0.6) is 0 Å². The molecular formula is C14H15ClN2O2S. The number of hydrogen-bond donors (Lipinski definition) is 1. The van der Waals surface area contributed by atoms with Gasteiger partial charge in [-0.15, -0.1) is 0 Å². The number of aromatic nitrogens is 2. The van der Waals surface area contributed by atoms with Crippen LogP contribution >= 0.6 is 23.4 Å². The predicted molar refractivity (Wildman–Crippen MR) is 80.4 cm³/mol. The Balaban J connectivity index is 1.96. The molecule has 1 aliphatic carbocycles. The summed E-state index contributed by atoms with van der Waals surface area (Å²) >= 11 is 7.27. The number of fused-ring (bicyclic) bond motifs is 1. The number of halogens is 1. The zero-order valence-electron chi connectivity index (χ0n) is 11.0. The number of rotatable bonds is 5. The number of thioether (sulfide) groups is 1. The molecule has 3 rings (SSSR count). The topological polar surface area (TPSA) is 55.1 Å². The van der Waals surface area contributed by atoms with Gasteiger partial charge >= 0.3 is 5.97 Å². The molecule has 0 bridgehead atoms. The Hall–Kier alpha value is -1.20. The van der Waals surface area contributed by atoms with Crippen molar-refractivity contribution in [2.75, 3.05) is 5.75 Å². The van der Waals surface area contributed by atoms with Gasteiger partial charge < -0.3 is 9.67 Å². The van der Waals surface area contributed by atoms with Crippen LogP contribution in [-0.2, 0) is 11.3 Å². The molecule has 1 saturated carbocycles. The van der Waals surface area contributed by atoms with Gasteiger partial charge in [0.05, 0.1) is 16.8 Å². The van der Waals surface area contributed by atoms with Crippen LogP contribution in [-0.4, -0.2) is 26.4 Å². The number of carboxylic acids is 1. The number of imidazole rings is 1. The smallest absolute Gasteiger partial charge is 0.313 e. The lowest BCUT2D eigenvalue weighted by Crippen LogP contribution is -2.05. The fourth-order valence-electron chi connectivity index (χ4n) is 2.38. The van der Waals surface area contributed by atoms with Crippen LogP contribution in [0, 0.1) is 11.8 Å². The lowest BCUT2D eigenvalue weighted by Gasteiger charge is -2.07. The number of nitrogens with zero attached hydrogens (tertiary/aromatic N) is 2. The van der Waals surface area contributed by atoms with Gasteiger partial charge in [-0.2, -0.15) is 0 Å². The summed E-state index contributed by atoms with van der Waals surface area (Å²) in [5.74, 6) is 0.618. The monoisotopic (exact) mass is 310 g/mol. The molecule has 2 unspecified atom stereocenters. The standard InChI is InChI=1S/C14H15ClN2O2S/c1-8-4-9(8)6-17-12-3-2-10(15)5-11(12)16-14(17)20-7-13(18)19/h2-3,5,8-9H,4,6-7H2,1H3,(H,18,19). The fourth-order valence-corrected chi connectivity index (χ4v) is 3.29. The average molecular weight is 311 g/mol. The van der Waals surface area contributed by atoms with Crippen molar-refractivity contribution in [3.63, 3.8) is 0 Å². The van der Waals surface area contributed by atoms with E-state index in [0.717, 1.165) is 28.7 Å². The van der Waals surface area contributed by atoms with E-state index in [1.807, 2.05) is 18.2 Å². The molecule has 106 valence electrons. The second kappa shape index (κ2) is 5.30. The summed E-state index contributed by atoms with van der Waals surface area (Å²) in [6.07, 6.45) is 1.23. The van der Waals surface area contributed by atoms with Crippen LogP contribution in [0.15, 0.2) is 23.4 Å². The lowest BCUT2D eigenvalue weighted by atomic mass is 10.3. The fraction of sp³-hybridized carbons (Fsp3) is 0.429. The molecule has 0 saturated heterocycles. The molecular weight excluding hydrogens is 296 g/mol. The van der Waals surface area contributed by atoms with Crippen LogP contribution < -0.4 is 0 Å². The molecule has 1 fully saturated rings. The highest BCUT2D eigenvalue weighted by atomic mass is 35.5. The summed E-state index contributed by atoms with van der Waals surface area (Å²) in [5, 5.41) is 10.3. The summed E-state index contributed by atoms with van der Waals surface area (Å²) < 4.78 is 2.13. The third kappa shape index (κ3) is 2.79. The molecule has 0 radical (unpaired) electrons. The minimum Gasteiger partial charge on any atom is -0.481 e. The molecule has 2 aromatic rings. The van der Waals surface area contributed by atoms with Crippen molar-refractivity contribution in [3.8, 4) is 0 Å². The van der Waals surface area contributed by atoms with E-state index in [2.05, 4.69) is 16.5 Å². The van der Waals surface area contributed by atoms with Crippen molar-refractivity contribution in [1.29, 1.82) is 0 Å². The summed E-state index contributed by atoms with van der Waals surface area (Å²) in [4.78, 5) is 15.3. The predicted octanol–water partition coefficient (Wildman–Crippen LogP) is 3.52. The van der Waals surface area contributed by atoms with E-state index in [4.69, 9.17) is 16.7 Å². The number of hydrogen-bond acceptors (Lipinski definition) is 3. The van der Waals surface area contributed by atoms with E-state index in [0.29, 0.717) is 10.9 Å². The normalized spacial score (nSPS) is 21.3. The molecule has 0 spiro atoms. The van der Waals surface area contributed by atoms with E-state index in [-0.39, 0.29) is 5.75 Å². The molecule has 1 N–H and O–H groups in total. The minimum atomic E-state index is -0.827. The highest BCUT2D eigenvalue weighted by molar-refractivity contribution is 7.99. The molecule has 4 nitrogen and oxygen atoms in total. The van der Waals surface area contributed by atoms with E-state index >= 15 is 0 Å². The first kappa shape index (κ1) is 13.8. The second-order valence-electron chi connectivity index (χ2n) is 5.29. The van der Waals surface area contributed by atoms with Crippen molar-refractivity contribution < 1.29 is 9.90 Å². The van der Waals surface area contributed by atoms with Gasteiger partial charge in [0.1, 0.15) is 0 Å². The first-order valence-electron chi connectivity index (χ1n) is 6.55. The zero-order valence-corrected chi connectivity index (χ0v) is 12.6. The molecule has 2 atom stereocenters.